The zero-order chi connectivity index (χ0) is 32.0. The fourth-order valence-corrected chi connectivity index (χ4v) is 6.83. The van der Waals surface area contributed by atoms with Crippen molar-refractivity contribution in [3.05, 3.63) is 88.3 Å². The molecule has 2 aromatic carbocycles. The normalized spacial score (nSPS) is 21.8. The summed E-state index contributed by atoms with van der Waals surface area (Å²) in [5, 5.41) is 24.2. The molecule has 0 bridgehead atoms. The van der Waals surface area contributed by atoms with Crippen LogP contribution in [-0.2, 0) is 18.9 Å². The number of fused-ring (bicyclic) bond motifs is 2. The van der Waals surface area contributed by atoms with Gasteiger partial charge in [-0.25, -0.2) is 4.79 Å². The summed E-state index contributed by atoms with van der Waals surface area (Å²) in [6.45, 7) is 1.67. The number of methoxy groups -OCH3 is 2. The van der Waals surface area contributed by atoms with E-state index in [1.807, 2.05) is 0 Å². The van der Waals surface area contributed by atoms with Gasteiger partial charge in [0.05, 0.1) is 30.5 Å². The first-order valence-corrected chi connectivity index (χ1v) is 14.0. The van der Waals surface area contributed by atoms with Crippen LogP contribution in [0.2, 0.25) is 10.0 Å². The van der Waals surface area contributed by atoms with Gasteiger partial charge in [0.1, 0.15) is 27.9 Å². The minimum atomic E-state index is -2.11. The van der Waals surface area contributed by atoms with Gasteiger partial charge < -0.3 is 30.0 Å². The molecule has 3 aromatic rings. The number of carbonyl (C=O) groups excluding carboxylic acids is 2. The lowest BCUT2D eigenvalue weighted by molar-refractivity contribution is -0.130. The molecule has 3 aliphatic rings. The minimum Gasteiger partial charge on any atom is -0.733 e. The van der Waals surface area contributed by atoms with Gasteiger partial charge in [0.25, 0.3) is 5.56 Å². The molecule has 15 heteroatoms. The third kappa shape index (κ3) is 3.79. The van der Waals surface area contributed by atoms with Crippen LogP contribution >= 0.6 is 23.2 Å². The summed E-state index contributed by atoms with van der Waals surface area (Å²) in [6, 6.07) is 5.48. The van der Waals surface area contributed by atoms with E-state index < -0.39 is 45.5 Å². The Bertz CT molecular complexity index is 1970. The lowest BCUT2D eigenvalue weighted by Gasteiger charge is -2.42. The zero-order valence-electron chi connectivity index (χ0n) is 24.0. The molecule has 3 atom stereocenters. The molecule has 2 N–H and O–H groups in total. The summed E-state index contributed by atoms with van der Waals surface area (Å²) in [5.41, 5.74) is -3.27. The van der Waals surface area contributed by atoms with Crippen LogP contribution in [0, 0.1) is 11.1 Å². The molecule has 1 spiro atoms. The second-order valence-electron chi connectivity index (χ2n) is 10.8. The molecule has 13 nitrogen and oxygen atoms in total. The fraction of sp³-hybridized carbons (Fsp3) is 0.310. The molecule has 6 rings (SSSR count). The minimum absolute atomic E-state index is 0.00165. The van der Waals surface area contributed by atoms with Crippen LogP contribution in [0.25, 0.3) is 0 Å². The molecule has 0 saturated carbocycles. The third-order valence-corrected chi connectivity index (χ3v) is 9.26. The van der Waals surface area contributed by atoms with Gasteiger partial charge in [0.15, 0.2) is 5.75 Å². The van der Waals surface area contributed by atoms with Crippen LogP contribution in [0.5, 0.6) is 17.2 Å². The Morgan fingerprint density at radius 2 is 1.75 bits per heavy atom. The fourth-order valence-electron chi connectivity index (χ4n) is 6.38. The summed E-state index contributed by atoms with van der Waals surface area (Å²) in [4.78, 5) is 55.8. The molecule has 0 radical (unpaired) electrons. The molecule has 1 aliphatic carbocycles. The first-order chi connectivity index (χ1) is 20.8. The summed E-state index contributed by atoms with van der Waals surface area (Å²) < 4.78 is 19.2. The van der Waals surface area contributed by atoms with Crippen molar-refractivity contribution in [3.8, 4) is 17.2 Å². The largest absolute Gasteiger partial charge is 0.733 e. The van der Waals surface area contributed by atoms with Gasteiger partial charge in [-0.05, 0) is 24.1 Å². The van der Waals surface area contributed by atoms with Crippen LogP contribution < -0.4 is 36.0 Å². The first kappa shape index (κ1) is 29.8. The summed E-state index contributed by atoms with van der Waals surface area (Å²) in [6.07, 6.45) is 0.0747. The van der Waals surface area contributed by atoms with Crippen LogP contribution in [0.1, 0.15) is 40.7 Å². The predicted octanol–water partition coefficient (Wildman–Crippen LogP) is 3.54. The highest BCUT2D eigenvalue weighted by molar-refractivity contribution is 6.36. The van der Waals surface area contributed by atoms with Crippen molar-refractivity contribution in [2.45, 2.75) is 24.9 Å². The Kier molecular flexibility index (Phi) is 6.85. The summed E-state index contributed by atoms with van der Waals surface area (Å²) >= 11 is 12.7. The van der Waals surface area contributed by atoms with Crippen molar-refractivity contribution < 1.29 is 29.0 Å². The number of halogens is 2. The number of aromatic nitrogens is 2. The van der Waals surface area contributed by atoms with Gasteiger partial charge in [-0.1, -0.05) is 36.2 Å². The second-order valence-corrected chi connectivity index (χ2v) is 11.6. The number of hydrogen-bond acceptors (Lipinski definition) is 11. The van der Waals surface area contributed by atoms with E-state index in [-0.39, 0.29) is 67.5 Å². The Morgan fingerprint density at radius 1 is 1.07 bits per heavy atom. The monoisotopic (exact) mass is 643 g/mol. The average Bonchev–Trinajstić information content (AvgIpc) is 3.31. The highest BCUT2D eigenvalue weighted by Gasteiger charge is 2.63. The summed E-state index contributed by atoms with van der Waals surface area (Å²) in [5.74, 6) is -3.12. The Morgan fingerprint density at radius 3 is 2.39 bits per heavy atom. The number of ether oxygens (including phenoxy) is 3. The predicted molar refractivity (Wildman–Crippen MR) is 160 cm³/mol. The SMILES string of the molecule is COc1cc(OC)c2c(c1Cl)O[C@@]1(C(=O)C3=C(C[C@H]1C)Nc1c(c(=O)n(C)c(=O)n1C)C3c1ccc(Cl)c(N([O-])O)c1)C2=O. The lowest BCUT2D eigenvalue weighted by atomic mass is 9.66. The van der Waals surface area contributed by atoms with Crippen molar-refractivity contribution in [3.63, 3.8) is 0 Å². The number of nitrogens with zero attached hydrogens (tertiary/aromatic N) is 3. The van der Waals surface area contributed by atoms with Gasteiger partial charge in [-0.3, -0.25) is 28.7 Å². The molecule has 2 aliphatic heterocycles. The van der Waals surface area contributed by atoms with Crippen LogP contribution in [0.4, 0.5) is 11.5 Å². The molecule has 230 valence electrons. The number of hydrogen-bond donors (Lipinski definition) is 2. The second kappa shape index (κ2) is 10.1. The van der Waals surface area contributed by atoms with Crippen LogP contribution in [0.15, 0.2) is 45.1 Å². The molecule has 44 heavy (non-hydrogen) atoms. The number of benzene rings is 2. The maximum absolute atomic E-state index is 14.9. The number of allylic oxidation sites excluding steroid dienone is 1. The Labute approximate surface area is 259 Å². The number of carbonyl (C=O) groups is 2. The molecular weight excluding hydrogens is 619 g/mol. The van der Waals surface area contributed by atoms with E-state index in [4.69, 9.17) is 37.4 Å². The van der Waals surface area contributed by atoms with Gasteiger partial charge in [0.2, 0.25) is 17.2 Å². The average molecular weight is 644 g/mol. The number of rotatable bonds is 4. The number of Topliss-reactive ketones (excluding diaryl/α,β-unsaturated/α-hetero) is 2. The smallest absolute Gasteiger partial charge is 0.332 e. The number of ketones is 2. The zero-order valence-corrected chi connectivity index (χ0v) is 25.5. The van der Waals surface area contributed by atoms with E-state index in [2.05, 4.69) is 5.32 Å². The van der Waals surface area contributed by atoms with E-state index >= 15 is 0 Å². The van der Waals surface area contributed by atoms with E-state index in [1.165, 1.54) is 57.1 Å². The maximum atomic E-state index is 14.9. The van der Waals surface area contributed by atoms with E-state index in [1.54, 1.807) is 6.92 Å². The maximum Gasteiger partial charge on any atom is 0.332 e. The molecule has 1 unspecified atom stereocenters. The molecule has 0 fully saturated rings. The van der Waals surface area contributed by atoms with Gasteiger partial charge >= 0.3 is 5.69 Å². The van der Waals surface area contributed by atoms with E-state index in [9.17, 15) is 29.6 Å². The Balaban J connectivity index is 1.63. The highest BCUT2D eigenvalue weighted by Crippen LogP contribution is 2.56. The van der Waals surface area contributed by atoms with Crippen LogP contribution in [0.3, 0.4) is 0 Å². The van der Waals surface area contributed by atoms with Crippen molar-refractivity contribution in [2.75, 3.05) is 24.8 Å². The van der Waals surface area contributed by atoms with Crippen molar-refractivity contribution >= 4 is 46.3 Å². The lowest BCUT2D eigenvalue weighted by Crippen LogP contribution is -2.58. The summed E-state index contributed by atoms with van der Waals surface area (Å²) in [7, 11) is 5.49. The Hall–Kier alpha value is -4.30. The molecular formula is C29H25Cl2N4O9-. The van der Waals surface area contributed by atoms with E-state index in [0.29, 0.717) is 5.70 Å². The highest BCUT2D eigenvalue weighted by atomic mass is 35.5. The number of anilines is 2. The van der Waals surface area contributed by atoms with Gasteiger partial charge in [-0.2, -0.15) is 0 Å². The van der Waals surface area contributed by atoms with Gasteiger partial charge in [0, 0.05) is 43.3 Å². The van der Waals surface area contributed by atoms with Crippen LogP contribution in [-0.4, -0.2) is 45.7 Å². The van der Waals surface area contributed by atoms with E-state index in [0.717, 1.165) is 4.57 Å². The quantitative estimate of drug-likeness (QED) is 0.315. The molecule has 1 aromatic heterocycles. The first-order valence-electron chi connectivity index (χ1n) is 13.3. The molecule has 0 saturated heterocycles. The van der Waals surface area contributed by atoms with Gasteiger partial charge in [-0.15, -0.1) is 0 Å². The van der Waals surface area contributed by atoms with Crippen molar-refractivity contribution in [2.24, 2.45) is 20.0 Å². The molecule has 0 amide bonds. The standard InChI is InChI=1S/C29H25Cl2N4O9/c1-11-8-14-19(24(36)29(11)25(37)20-16(42-4)10-17(43-5)22(31)23(20)44-29)18(12-6-7-13(30)15(9-12)35(40)41)21-26(32-14)33(2)28(39)34(3)27(21)38/h6-7,9-11,18,32,40H,8H2,1-5H3/q-1/t11-,18?,29+/m1/s1. The molecule has 3 heterocycles. The number of nitrogens with one attached hydrogen (secondary N) is 1. The van der Waals surface area contributed by atoms with Crippen molar-refractivity contribution in [1.82, 2.24) is 9.13 Å². The topological polar surface area (TPSA) is 164 Å². The third-order valence-electron chi connectivity index (χ3n) is 8.59. The van der Waals surface area contributed by atoms with Crippen molar-refractivity contribution in [1.29, 1.82) is 0 Å².